The van der Waals surface area contributed by atoms with Gasteiger partial charge in [0.2, 0.25) is 10.0 Å². The van der Waals surface area contributed by atoms with Crippen LogP contribution in [0.4, 0.5) is 5.69 Å². The molecule has 0 saturated heterocycles. The van der Waals surface area contributed by atoms with Crippen LogP contribution in [0.2, 0.25) is 0 Å². The first-order chi connectivity index (χ1) is 8.80. The van der Waals surface area contributed by atoms with Crippen LogP contribution in [0.3, 0.4) is 0 Å². The molecule has 0 heterocycles. The van der Waals surface area contributed by atoms with Gasteiger partial charge in [-0.15, -0.1) is 0 Å². The molecule has 2 N–H and O–H groups in total. The van der Waals surface area contributed by atoms with Crippen LogP contribution >= 0.6 is 0 Å². The largest absolute Gasteiger partial charge is 0.385 e. The molecule has 0 fully saturated rings. The summed E-state index contributed by atoms with van der Waals surface area (Å²) in [5, 5.41) is 3.20. The summed E-state index contributed by atoms with van der Waals surface area (Å²) in [7, 11) is -0.313. The van der Waals surface area contributed by atoms with Crippen LogP contribution in [0.5, 0.6) is 0 Å². The Morgan fingerprint density at radius 2 is 2.00 bits per heavy atom. The summed E-state index contributed by atoms with van der Waals surface area (Å²) in [5.41, 5.74) is 0.588. The van der Waals surface area contributed by atoms with Crippen molar-refractivity contribution in [2.24, 2.45) is 0 Å². The summed E-state index contributed by atoms with van der Waals surface area (Å²) in [5.74, 6) is 0. The van der Waals surface area contributed by atoms with E-state index in [1.165, 1.54) is 7.05 Å². The molecule has 0 atom stereocenters. The summed E-state index contributed by atoms with van der Waals surface area (Å²) in [6, 6.07) is 6.74. The third-order valence-electron chi connectivity index (χ3n) is 3.02. The van der Waals surface area contributed by atoms with Crippen LogP contribution < -0.4 is 10.0 Å². The predicted octanol–water partition coefficient (Wildman–Crippen LogP) is 1.82. The molecule has 1 aromatic rings. The molecule has 0 saturated carbocycles. The third kappa shape index (κ3) is 4.81. The van der Waals surface area contributed by atoms with Crippen molar-refractivity contribution in [1.82, 2.24) is 4.72 Å². The van der Waals surface area contributed by atoms with Gasteiger partial charge in [-0.3, -0.25) is 0 Å². The van der Waals surface area contributed by atoms with Gasteiger partial charge < -0.3 is 10.1 Å². The van der Waals surface area contributed by atoms with Crippen molar-refractivity contribution in [3.05, 3.63) is 24.3 Å². The summed E-state index contributed by atoms with van der Waals surface area (Å²) >= 11 is 0. The van der Waals surface area contributed by atoms with Gasteiger partial charge in [0.05, 0.1) is 10.5 Å². The van der Waals surface area contributed by atoms with Crippen molar-refractivity contribution >= 4 is 15.7 Å². The smallest absolute Gasteiger partial charge is 0.240 e. The Bertz CT molecular complexity index is 512. The second kappa shape index (κ2) is 6.36. The van der Waals surface area contributed by atoms with Gasteiger partial charge >= 0.3 is 0 Å². The van der Waals surface area contributed by atoms with E-state index in [0.717, 1.165) is 12.1 Å². The molecule has 1 aromatic carbocycles. The molecule has 0 aliphatic heterocycles. The van der Waals surface area contributed by atoms with E-state index >= 15 is 0 Å². The number of hydrogen-bond acceptors (Lipinski definition) is 4. The van der Waals surface area contributed by atoms with Crippen molar-refractivity contribution in [3.8, 4) is 0 Å². The Morgan fingerprint density at radius 3 is 2.58 bits per heavy atom. The molecule has 0 aliphatic carbocycles. The minimum absolute atomic E-state index is 0.193. The standard InChI is InChI=1S/C13H22N2O3S/c1-13(2,18-4)8-9-15-11-6-5-7-12(10-11)19(16,17)14-3/h5-7,10,14-15H,8-9H2,1-4H3. The van der Waals surface area contributed by atoms with Crippen LogP contribution in [0.1, 0.15) is 20.3 Å². The molecule has 6 heteroatoms. The number of methoxy groups -OCH3 is 1. The number of rotatable bonds is 7. The van der Waals surface area contributed by atoms with Gasteiger partial charge in [-0.2, -0.15) is 0 Å². The second-order valence-corrected chi connectivity index (χ2v) is 6.76. The van der Waals surface area contributed by atoms with Crippen molar-refractivity contribution in [2.45, 2.75) is 30.8 Å². The maximum atomic E-state index is 11.7. The minimum atomic E-state index is -3.39. The number of ether oxygens (including phenoxy) is 1. The fourth-order valence-electron chi connectivity index (χ4n) is 1.50. The van der Waals surface area contributed by atoms with Gasteiger partial charge in [-0.1, -0.05) is 6.07 Å². The quantitative estimate of drug-likeness (QED) is 0.802. The van der Waals surface area contributed by atoms with Gasteiger partial charge in [-0.05, 0) is 45.5 Å². The Kier molecular flexibility index (Phi) is 5.34. The molecule has 0 radical (unpaired) electrons. The Balaban J connectivity index is 2.69. The van der Waals surface area contributed by atoms with Gasteiger partial charge in [-0.25, -0.2) is 13.1 Å². The van der Waals surface area contributed by atoms with Crippen LogP contribution in [-0.2, 0) is 14.8 Å². The molecule has 19 heavy (non-hydrogen) atoms. The fourth-order valence-corrected chi connectivity index (χ4v) is 2.28. The molecule has 0 unspecified atom stereocenters. The number of sulfonamides is 1. The molecule has 108 valence electrons. The first-order valence-corrected chi connectivity index (χ1v) is 7.62. The molecular weight excluding hydrogens is 264 g/mol. The lowest BCUT2D eigenvalue weighted by atomic mass is 10.1. The predicted molar refractivity (Wildman–Crippen MR) is 76.9 cm³/mol. The molecule has 5 nitrogen and oxygen atoms in total. The third-order valence-corrected chi connectivity index (χ3v) is 4.43. The molecule has 0 bridgehead atoms. The van der Waals surface area contributed by atoms with E-state index in [2.05, 4.69) is 10.0 Å². The summed E-state index contributed by atoms with van der Waals surface area (Å²) in [6.07, 6.45) is 0.826. The van der Waals surface area contributed by atoms with E-state index in [4.69, 9.17) is 4.74 Å². The van der Waals surface area contributed by atoms with E-state index in [0.29, 0.717) is 6.54 Å². The molecule has 0 aromatic heterocycles. The summed E-state index contributed by atoms with van der Waals surface area (Å²) in [4.78, 5) is 0.256. The average molecular weight is 286 g/mol. The second-order valence-electron chi connectivity index (χ2n) is 4.88. The van der Waals surface area contributed by atoms with Crippen molar-refractivity contribution in [2.75, 3.05) is 26.0 Å². The highest BCUT2D eigenvalue weighted by Gasteiger charge is 2.15. The summed E-state index contributed by atoms with van der Waals surface area (Å²) in [6.45, 7) is 4.73. The number of benzene rings is 1. The Labute approximate surface area is 115 Å². The topological polar surface area (TPSA) is 67.4 Å². The fraction of sp³-hybridized carbons (Fsp3) is 0.538. The van der Waals surface area contributed by atoms with Crippen LogP contribution in [-0.4, -0.2) is 34.7 Å². The van der Waals surface area contributed by atoms with Crippen LogP contribution in [0, 0.1) is 0 Å². The molecule has 0 amide bonds. The van der Waals surface area contributed by atoms with E-state index < -0.39 is 10.0 Å². The van der Waals surface area contributed by atoms with E-state index in [1.54, 1.807) is 25.3 Å². The zero-order valence-corrected chi connectivity index (χ0v) is 12.7. The average Bonchev–Trinajstić information content (AvgIpc) is 2.39. The van der Waals surface area contributed by atoms with Gasteiger partial charge in [0.1, 0.15) is 0 Å². The zero-order chi connectivity index (χ0) is 14.5. The minimum Gasteiger partial charge on any atom is -0.385 e. The zero-order valence-electron chi connectivity index (χ0n) is 11.9. The SMILES string of the molecule is CNS(=O)(=O)c1cccc(NCCC(C)(C)OC)c1. The number of anilines is 1. The molecule has 0 spiro atoms. The first kappa shape index (κ1) is 15.9. The normalized spacial score (nSPS) is 12.4. The lowest BCUT2D eigenvalue weighted by molar-refractivity contribution is 0.0185. The van der Waals surface area contributed by atoms with Crippen LogP contribution in [0.25, 0.3) is 0 Å². The highest BCUT2D eigenvalue weighted by molar-refractivity contribution is 7.89. The highest BCUT2D eigenvalue weighted by atomic mass is 32.2. The first-order valence-electron chi connectivity index (χ1n) is 6.13. The molecule has 0 aliphatic rings. The van der Waals surface area contributed by atoms with Crippen molar-refractivity contribution < 1.29 is 13.2 Å². The van der Waals surface area contributed by atoms with E-state index in [1.807, 2.05) is 19.9 Å². The van der Waals surface area contributed by atoms with E-state index in [-0.39, 0.29) is 10.5 Å². The maximum absolute atomic E-state index is 11.7. The lowest BCUT2D eigenvalue weighted by Crippen LogP contribution is -2.25. The Morgan fingerprint density at radius 1 is 1.32 bits per heavy atom. The molecule has 1 rings (SSSR count). The van der Waals surface area contributed by atoms with Crippen LogP contribution in [0.15, 0.2) is 29.2 Å². The van der Waals surface area contributed by atoms with Gasteiger partial charge in [0, 0.05) is 19.3 Å². The lowest BCUT2D eigenvalue weighted by Gasteiger charge is -2.23. The van der Waals surface area contributed by atoms with Gasteiger partial charge in [0.25, 0.3) is 0 Å². The Hall–Kier alpha value is -1.11. The van der Waals surface area contributed by atoms with Crippen molar-refractivity contribution in [3.63, 3.8) is 0 Å². The van der Waals surface area contributed by atoms with E-state index in [9.17, 15) is 8.42 Å². The number of nitrogens with one attached hydrogen (secondary N) is 2. The molecular formula is C13H22N2O3S. The highest BCUT2D eigenvalue weighted by Crippen LogP contribution is 2.17. The van der Waals surface area contributed by atoms with Gasteiger partial charge in [0.15, 0.2) is 0 Å². The monoisotopic (exact) mass is 286 g/mol. The maximum Gasteiger partial charge on any atom is 0.240 e. The number of hydrogen-bond donors (Lipinski definition) is 2. The van der Waals surface area contributed by atoms with Crippen molar-refractivity contribution in [1.29, 1.82) is 0 Å². The summed E-state index contributed by atoms with van der Waals surface area (Å²) < 4.78 is 31.0.